The van der Waals surface area contributed by atoms with Crippen molar-refractivity contribution < 1.29 is 4.79 Å². The van der Waals surface area contributed by atoms with Gasteiger partial charge in [-0.3, -0.25) is 4.79 Å². The maximum absolute atomic E-state index is 12.3. The van der Waals surface area contributed by atoms with E-state index in [4.69, 9.17) is 5.73 Å². The monoisotopic (exact) mass is 354 g/mol. The van der Waals surface area contributed by atoms with Crippen LogP contribution >= 0.6 is 24.2 Å². The van der Waals surface area contributed by atoms with Crippen LogP contribution in [0.4, 0.5) is 0 Å². The van der Waals surface area contributed by atoms with Gasteiger partial charge in [0.15, 0.2) is 0 Å². The molecule has 2 aliphatic rings. The number of fused-ring (bicyclic) bond motifs is 2. The van der Waals surface area contributed by atoms with Crippen molar-refractivity contribution in [1.82, 2.24) is 5.32 Å². The third-order valence-electron chi connectivity index (χ3n) is 5.05. The third kappa shape index (κ3) is 5.13. The van der Waals surface area contributed by atoms with E-state index in [1.165, 1.54) is 24.2 Å². The van der Waals surface area contributed by atoms with Crippen molar-refractivity contribution in [2.45, 2.75) is 55.5 Å². The fourth-order valence-corrected chi connectivity index (χ4v) is 4.93. The molecule has 2 unspecified atom stereocenters. The fraction of sp³-hybridized carbons (Fsp3) is 0.611. The summed E-state index contributed by atoms with van der Waals surface area (Å²) in [7, 11) is 0. The lowest BCUT2D eigenvalue weighted by atomic mass is 9.67. The number of hydrogen-bond donors (Lipinski definition) is 2. The summed E-state index contributed by atoms with van der Waals surface area (Å²) in [6.07, 6.45) is 6.53. The topological polar surface area (TPSA) is 55.1 Å². The highest BCUT2D eigenvalue weighted by Crippen LogP contribution is 2.39. The normalized spacial score (nSPS) is 29.4. The van der Waals surface area contributed by atoms with E-state index in [0.29, 0.717) is 30.3 Å². The first-order valence-corrected chi connectivity index (χ1v) is 9.43. The smallest absolute Gasteiger partial charge is 0.221 e. The number of nitrogens with two attached hydrogens (primary N) is 1. The maximum atomic E-state index is 12.3. The molecule has 23 heavy (non-hydrogen) atoms. The molecule has 0 aliphatic heterocycles. The van der Waals surface area contributed by atoms with Crippen LogP contribution in [0.3, 0.4) is 0 Å². The Bertz CT molecular complexity index is 485. The Labute approximate surface area is 149 Å². The van der Waals surface area contributed by atoms with E-state index in [1.54, 1.807) is 11.8 Å². The van der Waals surface area contributed by atoms with Crippen LogP contribution in [0.25, 0.3) is 0 Å². The van der Waals surface area contributed by atoms with E-state index in [2.05, 4.69) is 17.4 Å². The molecule has 2 aliphatic carbocycles. The molecule has 0 spiro atoms. The van der Waals surface area contributed by atoms with Crippen molar-refractivity contribution in [3.8, 4) is 0 Å². The average molecular weight is 355 g/mol. The van der Waals surface area contributed by atoms with Gasteiger partial charge in [0.25, 0.3) is 0 Å². The number of rotatable bonds is 5. The van der Waals surface area contributed by atoms with E-state index in [-0.39, 0.29) is 18.3 Å². The molecule has 1 aromatic rings. The molecule has 2 saturated carbocycles. The lowest BCUT2D eigenvalue weighted by Crippen LogP contribution is -2.53. The van der Waals surface area contributed by atoms with Gasteiger partial charge in [-0.15, -0.1) is 24.2 Å². The standard InChI is InChI=1S/C18H26N2OS.ClH/c19-15-11-13-5-4-6-14(12-15)18(13)20-17(21)9-10-22-16-7-2-1-3-8-16;/h1-3,7-8,13-15,18H,4-6,9-12,19H2,(H,20,21);1H. The first-order valence-electron chi connectivity index (χ1n) is 8.45. The number of carbonyl (C=O) groups is 1. The number of carbonyl (C=O) groups excluding carboxylic acids is 1. The minimum Gasteiger partial charge on any atom is -0.353 e. The number of hydrogen-bond acceptors (Lipinski definition) is 3. The first-order chi connectivity index (χ1) is 10.7. The van der Waals surface area contributed by atoms with Crippen molar-refractivity contribution in [2.75, 3.05) is 5.75 Å². The van der Waals surface area contributed by atoms with Gasteiger partial charge in [0.05, 0.1) is 0 Å². The van der Waals surface area contributed by atoms with Gasteiger partial charge in [-0.05, 0) is 49.7 Å². The molecule has 128 valence electrons. The Morgan fingerprint density at radius 3 is 2.48 bits per heavy atom. The van der Waals surface area contributed by atoms with Gasteiger partial charge in [-0.2, -0.15) is 0 Å². The van der Waals surface area contributed by atoms with Gasteiger partial charge in [0.1, 0.15) is 0 Å². The lowest BCUT2D eigenvalue weighted by Gasteiger charge is -2.45. The number of thioether (sulfide) groups is 1. The second kappa shape index (κ2) is 8.95. The van der Waals surface area contributed by atoms with Gasteiger partial charge in [-0.1, -0.05) is 24.6 Å². The van der Waals surface area contributed by atoms with Crippen molar-refractivity contribution in [1.29, 1.82) is 0 Å². The molecular weight excluding hydrogens is 328 g/mol. The van der Waals surface area contributed by atoms with E-state index < -0.39 is 0 Å². The Morgan fingerprint density at radius 1 is 1.17 bits per heavy atom. The molecule has 1 amide bonds. The lowest BCUT2D eigenvalue weighted by molar-refractivity contribution is -0.123. The van der Waals surface area contributed by atoms with Crippen LogP contribution in [0, 0.1) is 11.8 Å². The Kier molecular flexibility index (Phi) is 7.25. The Hall–Kier alpha value is -0.710. The van der Waals surface area contributed by atoms with Crippen molar-refractivity contribution in [3.63, 3.8) is 0 Å². The van der Waals surface area contributed by atoms with Crippen LogP contribution in [-0.2, 0) is 4.79 Å². The summed E-state index contributed by atoms with van der Waals surface area (Å²) in [4.78, 5) is 13.5. The van der Waals surface area contributed by atoms with Crippen LogP contribution in [0.1, 0.15) is 38.5 Å². The predicted octanol–water partition coefficient (Wildman–Crippen LogP) is 3.61. The number of nitrogens with one attached hydrogen (secondary N) is 1. The second-order valence-electron chi connectivity index (χ2n) is 6.69. The summed E-state index contributed by atoms with van der Waals surface area (Å²) in [5.41, 5.74) is 6.15. The second-order valence-corrected chi connectivity index (χ2v) is 7.86. The number of benzene rings is 1. The van der Waals surface area contributed by atoms with Gasteiger partial charge in [-0.25, -0.2) is 0 Å². The zero-order valence-electron chi connectivity index (χ0n) is 13.4. The molecular formula is C18H27ClN2OS. The molecule has 1 aromatic carbocycles. The summed E-state index contributed by atoms with van der Waals surface area (Å²) < 4.78 is 0. The Morgan fingerprint density at radius 2 is 1.83 bits per heavy atom. The van der Waals surface area contributed by atoms with Crippen molar-refractivity contribution in [2.24, 2.45) is 17.6 Å². The summed E-state index contributed by atoms with van der Waals surface area (Å²) in [5, 5.41) is 3.32. The highest BCUT2D eigenvalue weighted by atomic mass is 35.5. The van der Waals surface area contributed by atoms with E-state index in [0.717, 1.165) is 18.6 Å². The molecule has 0 radical (unpaired) electrons. The van der Waals surface area contributed by atoms with Crippen LogP contribution in [0.15, 0.2) is 35.2 Å². The Balaban J connectivity index is 0.00000192. The summed E-state index contributed by atoms with van der Waals surface area (Å²) in [5.74, 6) is 2.26. The zero-order valence-corrected chi connectivity index (χ0v) is 15.1. The van der Waals surface area contributed by atoms with E-state index in [9.17, 15) is 4.79 Å². The van der Waals surface area contributed by atoms with Crippen LogP contribution in [0.2, 0.25) is 0 Å². The molecule has 3 nitrogen and oxygen atoms in total. The van der Waals surface area contributed by atoms with Crippen molar-refractivity contribution in [3.05, 3.63) is 30.3 Å². The average Bonchev–Trinajstić information content (AvgIpc) is 2.49. The van der Waals surface area contributed by atoms with Crippen molar-refractivity contribution >= 4 is 30.1 Å². The summed E-state index contributed by atoms with van der Waals surface area (Å²) in [6.45, 7) is 0. The van der Waals surface area contributed by atoms with Crippen LogP contribution in [-0.4, -0.2) is 23.7 Å². The SMILES string of the molecule is Cl.NC1CC2CCCC(C1)C2NC(=O)CCSc1ccccc1. The molecule has 0 saturated heterocycles. The number of amides is 1. The molecule has 2 fully saturated rings. The molecule has 2 atom stereocenters. The quantitative estimate of drug-likeness (QED) is 0.794. The summed E-state index contributed by atoms with van der Waals surface area (Å²) >= 11 is 1.75. The minimum absolute atomic E-state index is 0. The summed E-state index contributed by atoms with van der Waals surface area (Å²) in [6, 6.07) is 11.0. The minimum atomic E-state index is 0. The molecule has 3 N–H and O–H groups in total. The van der Waals surface area contributed by atoms with Gasteiger partial charge in [0, 0.05) is 29.2 Å². The number of halogens is 1. The van der Waals surface area contributed by atoms with Crippen LogP contribution in [0.5, 0.6) is 0 Å². The first kappa shape index (κ1) is 18.6. The van der Waals surface area contributed by atoms with Crippen LogP contribution < -0.4 is 11.1 Å². The largest absolute Gasteiger partial charge is 0.353 e. The van der Waals surface area contributed by atoms with E-state index >= 15 is 0 Å². The predicted molar refractivity (Wildman–Crippen MR) is 99.0 cm³/mol. The van der Waals surface area contributed by atoms with E-state index in [1.807, 2.05) is 18.2 Å². The highest BCUT2D eigenvalue weighted by Gasteiger charge is 2.39. The molecule has 3 rings (SSSR count). The zero-order chi connectivity index (χ0) is 15.4. The maximum Gasteiger partial charge on any atom is 0.221 e. The molecule has 2 bridgehead atoms. The molecule has 0 heterocycles. The third-order valence-corrected chi connectivity index (χ3v) is 6.06. The molecule has 5 heteroatoms. The van der Waals surface area contributed by atoms with Gasteiger partial charge in [0.2, 0.25) is 5.91 Å². The van der Waals surface area contributed by atoms with Gasteiger partial charge >= 0.3 is 0 Å². The van der Waals surface area contributed by atoms with Gasteiger partial charge < -0.3 is 11.1 Å². The molecule has 0 aromatic heterocycles. The fourth-order valence-electron chi connectivity index (χ4n) is 4.06. The highest BCUT2D eigenvalue weighted by molar-refractivity contribution is 7.99.